The van der Waals surface area contributed by atoms with Gasteiger partial charge in [0.2, 0.25) is 41.4 Å². The molecule has 5 fully saturated rings. The van der Waals surface area contributed by atoms with Gasteiger partial charge in [0.15, 0.2) is 0 Å². The van der Waals surface area contributed by atoms with Crippen LogP contribution in [-0.2, 0) is 49.6 Å². The van der Waals surface area contributed by atoms with Crippen LogP contribution < -0.4 is 21.3 Å². The molecular weight excluding hydrogens is 821 g/mol. The molecule has 0 aromatic carbocycles. The molecule has 9 atom stereocenters. The van der Waals surface area contributed by atoms with Crippen LogP contribution in [0.1, 0.15) is 103 Å². The van der Waals surface area contributed by atoms with Crippen LogP contribution in [0.25, 0.3) is 0 Å². The van der Waals surface area contributed by atoms with E-state index in [1.807, 2.05) is 6.92 Å². The highest BCUT2D eigenvalue weighted by Gasteiger charge is 2.47. The lowest BCUT2D eigenvalue weighted by atomic mass is 9.96. The van der Waals surface area contributed by atoms with Crippen molar-refractivity contribution < 1.29 is 53.4 Å². The number of hydrogen-bond donors (Lipinski definition) is 7. The van der Waals surface area contributed by atoms with Crippen LogP contribution in [0, 0.1) is 5.92 Å². The molecule has 346 valence electrons. The zero-order valence-electron chi connectivity index (χ0n) is 36.1. The van der Waals surface area contributed by atoms with Crippen molar-refractivity contribution in [2.24, 2.45) is 5.92 Å². The third-order valence-corrected chi connectivity index (χ3v) is 13.3. The van der Waals surface area contributed by atoms with E-state index < -0.39 is 108 Å². The first kappa shape index (κ1) is 46.9. The monoisotopic (exact) mass is 882 g/mol. The van der Waals surface area contributed by atoms with Crippen LogP contribution >= 0.6 is 0 Å². The molecule has 0 aliphatic carbocycles. The summed E-state index contributed by atoms with van der Waals surface area (Å²) in [6, 6.07) is -7.87. The number of nitrogens with zero attached hydrogens (tertiary/aromatic N) is 5. The van der Waals surface area contributed by atoms with E-state index in [9.17, 15) is 53.4 Å². The van der Waals surface area contributed by atoms with Crippen molar-refractivity contribution in [3.05, 3.63) is 18.2 Å². The number of rotatable bonds is 18. The van der Waals surface area contributed by atoms with Gasteiger partial charge in [-0.25, -0.2) is 9.78 Å². The number of H-pyrrole nitrogens is 1. The van der Waals surface area contributed by atoms with E-state index in [-0.39, 0.29) is 38.4 Å². The molecular formula is C42H62N10O11. The molecule has 6 heterocycles. The summed E-state index contributed by atoms with van der Waals surface area (Å²) in [4.78, 5) is 134. The first-order chi connectivity index (χ1) is 30.2. The van der Waals surface area contributed by atoms with Crippen LogP contribution in [0.5, 0.6) is 0 Å². The summed E-state index contributed by atoms with van der Waals surface area (Å²) in [5.74, 6) is -6.48. The van der Waals surface area contributed by atoms with Gasteiger partial charge in [0.05, 0.1) is 18.1 Å². The first-order valence-corrected chi connectivity index (χ1v) is 22.5. The van der Waals surface area contributed by atoms with Crippen molar-refractivity contribution in [2.75, 3.05) is 32.7 Å². The Morgan fingerprint density at radius 1 is 0.714 bits per heavy atom. The van der Waals surface area contributed by atoms with Gasteiger partial charge in [0.25, 0.3) is 0 Å². The number of carboxylic acids is 2. The zero-order chi connectivity index (χ0) is 45.4. The number of aromatic amines is 1. The largest absolute Gasteiger partial charge is 0.481 e. The summed E-state index contributed by atoms with van der Waals surface area (Å²) in [6.07, 6.45) is 7.46. The number of aromatic nitrogens is 2. The van der Waals surface area contributed by atoms with E-state index in [1.165, 1.54) is 32.1 Å². The number of imidazole rings is 1. The van der Waals surface area contributed by atoms with Gasteiger partial charge in [-0.1, -0.05) is 20.3 Å². The van der Waals surface area contributed by atoms with Gasteiger partial charge in [-0.3, -0.25) is 38.4 Å². The standard InChI is InChI=1S/C42H62N10O11/c1-3-24(2)34(41(61)51-19-7-12-31(51)39(59)50-18-6-11-30(50)40(60)52-20-8-13-32(52)42(62)63)48-36(56)28(21-25-22-43-23-45-25)47-35(55)26(14-15-33(53)54)46-37(57)29-10-5-17-49(29)38(58)27-9-4-16-44-27/h22-24,26-32,34,44H,3-21H2,1-2H3,(H,43,45)(H,46,57)(H,47,55)(H,48,56)(H,53,54)(H,62,63)/t24-,26-,27-,28-,29-,30-,31-,32-,34-/m0/s1. The normalized spacial score (nSPS) is 25.3. The van der Waals surface area contributed by atoms with E-state index in [0.29, 0.717) is 83.0 Å². The van der Waals surface area contributed by atoms with Gasteiger partial charge in [-0.2, -0.15) is 0 Å². The average Bonchev–Trinajstić information content (AvgIpc) is 4.13. The number of amides is 7. The van der Waals surface area contributed by atoms with Crippen LogP contribution in [0.3, 0.4) is 0 Å². The molecule has 5 aliphatic rings. The minimum absolute atomic E-state index is 0.143. The van der Waals surface area contributed by atoms with Gasteiger partial charge < -0.3 is 56.1 Å². The molecule has 0 bridgehead atoms. The van der Waals surface area contributed by atoms with Crippen LogP contribution in [-0.4, -0.2) is 174 Å². The number of hydrogen-bond acceptors (Lipinski definition) is 11. The quantitative estimate of drug-likeness (QED) is 0.0945. The van der Waals surface area contributed by atoms with Gasteiger partial charge in [0.1, 0.15) is 42.3 Å². The van der Waals surface area contributed by atoms with E-state index in [2.05, 4.69) is 31.2 Å². The maximum absolute atomic E-state index is 14.5. The predicted molar refractivity (Wildman–Crippen MR) is 222 cm³/mol. The zero-order valence-corrected chi connectivity index (χ0v) is 36.1. The number of likely N-dealkylation sites (tertiary alicyclic amines) is 4. The second-order valence-corrected chi connectivity index (χ2v) is 17.4. The third-order valence-electron chi connectivity index (χ3n) is 13.3. The summed E-state index contributed by atoms with van der Waals surface area (Å²) >= 11 is 0. The fourth-order valence-electron chi connectivity index (χ4n) is 9.66. The summed E-state index contributed by atoms with van der Waals surface area (Å²) in [5, 5.41) is 30.6. The van der Waals surface area contributed by atoms with Crippen LogP contribution in [0.4, 0.5) is 0 Å². The van der Waals surface area contributed by atoms with Gasteiger partial charge in [-0.05, 0) is 83.1 Å². The molecule has 0 unspecified atom stereocenters. The molecule has 1 aromatic heterocycles. The molecule has 21 heteroatoms. The highest BCUT2D eigenvalue weighted by molar-refractivity contribution is 5.98. The molecule has 5 aliphatic heterocycles. The number of carboxylic acid groups (broad SMARTS) is 2. The summed E-state index contributed by atoms with van der Waals surface area (Å²) in [5.41, 5.74) is 0.386. The second kappa shape index (κ2) is 21.2. The summed E-state index contributed by atoms with van der Waals surface area (Å²) in [6.45, 7) is 5.46. The van der Waals surface area contributed by atoms with Crippen LogP contribution in [0.15, 0.2) is 12.5 Å². The molecule has 21 nitrogen and oxygen atoms in total. The van der Waals surface area contributed by atoms with Crippen LogP contribution in [0.2, 0.25) is 0 Å². The third kappa shape index (κ3) is 11.0. The van der Waals surface area contributed by atoms with E-state index in [1.54, 1.807) is 6.92 Å². The summed E-state index contributed by atoms with van der Waals surface area (Å²) in [7, 11) is 0. The average molecular weight is 883 g/mol. The Labute approximate surface area is 365 Å². The molecule has 63 heavy (non-hydrogen) atoms. The molecule has 0 radical (unpaired) electrons. The molecule has 5 saturated heterocycles. The van der Waals surface area contributed by atoms with E-state index in [4.69, 9.17) is 0 Å². The van der Waals surface area contributed by atoms with Crippen molar-refractivity contribution in [3.63, 3.8) is 0 Å². The fourth-order valence-corrected chi connectivity index (χ4v) is 9.66. The molecule has 0 saturated carbocycles. The van der Waals surface area contributed by atoms with Crippen molar-refractivity contribution in [2.45, 2.75) is 152 Å². The first-order valence-electron chi connectivity index (χ1n) is 22.5. The minimum atomic E-state index is -1.39. The lowest BCUT2D eigenvalue weighted by molar-refractivity contribution is -0.154. The molecule has 7 N–H and O–H groups in total. The number of carbonyl (C=O) groups excluding carboxylic acids is 7. The Bertz CT molecular complexity index is 1870. The molecule has 7 amide bonds. The predicted octanol–water partition coefficient (Wildman–Crippen LogP) is -0.882. The lowest BCUT2D eigenvalue weighted by Gasteiger charge is -2.35. The maximum Gasteiger partial charge on any atom is 0.326 e. The van der Waals surface area contributed by atoms with E-state index >= 15 is 0 Å². The Hall–Kier alpha value is -5.60. The van der Waals surface area contributed by atoms with Crippen molar-refractivity contribution >= 4 is 53.3 Å². The van der Waals surface area contributed by atoms with Gasteiger partial charge >= 0.3 is 11.9 Å². The van der Waals surface area contributed by atoms with E-state index in [0.717, 1.165) is 6.42 Å². The Morgan fingerprint density at radius 2 is 1.29 bits per heavy atom. The molecule has 1 aromatic rings. The second-order valence-electron chi connectivity index (χ2n) is 17.4. The Kier molecular flexibility index (Phi) is 15.8. The topological polar surface area (TPSA) is 284 Å². The van der Waals surface area contributed by atoms with Crippen molar-refractivity contribution in [3.8, 4) is 0 Å². The Morgan fingerprint density at radius 3 is 1.86 bits per heavy atom. The number of aliphatic carboxylic acids is 2. The SMILES string of the molecule is CC[C@H](C)[C@H](NC(=O)[C@H](Cc1c[nH]cn1)NC(=O)[C@H](CCC(=O)O)NC(=O)[C@@H]1CCCN1C(=O)[C@@H]1CCCN1)C(=O)N1CCC[C@H]1C(=O)N1CCC[C@H]1C(=O)N1CCC[C@H]1C(=O)O. The smallest absolute Gasteiger partial charge is 0.326 e. The fraction of sp³-hybridized carbons (Fsp3) is 0.714. The maximum atomic E-state index is 14.5. The number of carbonyl (C=O) groups is 9. The Balaban J connectivity index is 1.16. The number of nitrogens with one attached hydrogen (secondary N) is 5. The molecule has 0 spiro atoms. The molecule has 6 rings (SSSR count). The van der Waals surface area contributed by atoms with Crippen molar-refractivity contribution in [1.29, 1.82) is 0 Å². The van der Waals surface area contributed by atoms with Gasteiger partial charge in [-0.15, -0.1) is 0 Å². The van der Waals surface area contributed by atoms with Crippen molar-refractivity contribution in [1.82, 2.24) is 50.8 Å². The highest BCUT2D eigenvalue weighted by Crippen LogP contribution is 2.30. The highest BCUT2D eigenvalue weighted by atomic mass is 16.4. The summed E-state index contributed by atoms with van der Waals surface area (Å²) < 4.78 is 0. The lowest BCUT2D eigenvalue weighted by Crippen LogP contribution is -2.61. The van der Waals surface area contributed by atoms with Gasteiger partial charge in [0, 0.05) is 45.2 Å². The minimum Gasteiger partial charge on any atom is -0.481 e.